The predicted octanol–water partition coefficient (Wildman–Crippen LogP) is 15.2. The van der Waals surface area contributed by atoms with Crippen molar-refractivity contribution in [2.75, 3.05) is 0 Å². The zero-order valence-electron chi connectivity index (χ0n) is 33.8. The maximum absolute atomic E-state index is 3.06. The number of aryl methyl sites for hydroxylation is 2. The number of hydrogen-bond donors (Lipinski definition) is 0. The van der Waals surface area contributed by atoms with Crippen LogP contribution in [0.3, 0.4) is 0 Å². The maximum atomic E-state index is 3.06. The molecule has 0 aliphatic rings. The van der Waals surface area contributed by atoms with Crippen molar-refractivity contribution in [3.63, 3.8) is 0 Å². The Bertz CT molecular complexity index is 1930. The van der Waals surface area contributed by atoms with Gasteiger partial charge in [0.05, 0.1) is 0 Å². The molecule has 2 radical (unpaired) electrons. The summed E-state index contributed by atoms with van der Waals surface area (Å²) in [5, 5.41) is 5.54. The van der Waals surface area contributed by atoms with Gasteiger partial charge in [0, 0.05) is 0 Å². The Hall–Kier alpha value is -2.22. The summed E-state index contributed by atoms with van der Waals surface area (Å²) in [6.07, 6.45) is 3.71. The van der Waals surface area contributed by atoms with Gasteiger partial charge in [0.15, 0.2) is 0 Å². The summed E-state index contributed by atoms with van der Waals surface area (Å²) in [6, 6.07) is 38.8. The molecule has 0 aliphatic heterocycles. The van der Waals surface area contributed by atoms with Crippen LogP contribution in [0.25, 0.3) is 43.8 Å². The van der Waals surface area contributed by atoms with E-state index in [0.717, 1.165) is 0 Å². The van der Waals surface area contributed by atoms with E-state index in [-0.39, 0.29) is 50.5 Å². The van der Waals surface area contributed by atoms with Gasteiger partial charge in [0.1, 0.15) is 0 Å². The Balaban J connectivity index is 0.000000892. The van der Waals surface area contributed by atoms with Crippen LogP contribution >= 0.6 is 24.8 Å². The van der Waals surface area contributed by atoms with Gasteiger partial charge in [-0.1, -0.05) is 154 Å². The molecule has 0 aromatic heterocycles. The topological polar surface area (TPSA) is 0 Å². The quantitative estimate of drug-likeness (QED) is 0.116. The van der Waals surface area contributed by atoms with E-state index in [9.17, 15) is 0 Å². The minimum atomic E-state index is 0. The average Bonchev–Trinajstić information content (AvgIpc) is 3.70. The summed E-state index contributed by atoms with van der Waals surface area (Å²) in [5.74, 6) is 0.573. The van der Waals surface area contributed by atoms with Gasteiger partial charge < -0.3 is 14.9 Å². The predicted molar refractivity (Wildman–Crippen MR) is 238 cm³/mol. The van der Waals surface area contributed by atoms with Gasteiger partial charge in [0.25, 0.3) is 0 Å². The third kappa shape index (κ3) is 12.1. The van der Waals surface area contributed by atoms with E-state index in [0.29, 0.717) is 5.92 Å². The molecule has 52 heavy (non-hydrogen) atoms. The molecular weight excluding hydrogens is 767 g/mol. The van der Waals surface area contributed by atoms with E-state index in [1.54, 1.807) is 0 Å². The molecule has 0 unspecified atom stereocenters. The number of benzene rings is 4. The van der Waals surface area contributed by atoms with Gasteiger partial charge in [-0.05, 0) is 45.4 Å². The first-order valence-electron chi connectivity index (χ1n) is 17.6. The van der Waals surface area contributed by atoms with Crippen LogP contribution in [-0.4, -0.2) is 6.88 Å². The van der Waals surface area contributed by atoms with E-state index in [4.69, 9.17) is 0 Å². The van der Waals surface area contributed by atoms with Crippen molar-refractivity contribution in [3.05, 3.63) is 146 Å². The third-order valence-corrected chi connectivity index (χ3v) is 9.55. The first-order valence-corrected chi connectivity index (χ1v) is 21.8. The van der Waals surface area contributed by atoms with Crippen molar-refractivity contribution in [3.8, 4) is 22.3 Å². The molecule has 0 saturated heterocycles. The summed E-state index contributed by atoms with van der Waals surface area (Å²) in [7, 11) is 0. The van der Waals surface area contributed by atoms with Crippen LogP contribution in [0, 0.1) is 21.8 Å². The van der Waals surface area contributed by atoms with E-state index in [1.165, 1.54) is 114 Å². The van der Waals surface area contributed by atoms with E-state index >= 15 is 0 Å². The zero-order chi connectivity index (χ0) is 35.2. The molecule has 280 valence electrons. The van der Waals surface area contributed by atoms with Crippen LogP contribution in [0.15, 0.2) is 103 Å². The molecule has 0 saturated carbocycles. The third-order valence-electron chi connectivity index (χ3n) is 9.55. The van der Waals surface area contributed by atoms with Crippen LogP contribution in [0.2, 0.25) is 0 Å². The zero-order valence-corrected chi connectivity index (χ0v) is 38.9. The Labute approximate surface area is 347 Å². The molecule has 0 fully saturated rings. The fraction of sp³-hybridized carbons (Fsp3) is 0.333. The second-order valence-corrected chi connectivity index (χ2v) is 15.6. The second-order valence-electron chi connectivity index (χ2n) is 15.6. The number of unbranched alkanes of at least 4 members (excludes halogenated alkanes) is 1. The Kier molecular flexibility index (Phi) is 20.7. The van der Waals surface area contributed by atoms with Crippen LogP contribution in [0.5, 0.6) is 0 Å². The summed E-state index contributed by atoms with van der Waals surface area (Å²) < 4.78 is 0. The molecule has 0 spiro atoms. The fourth-order valence-corrected chi connectivity index (χ4v) is 6.42. The molecule has 0 atom stereocenters. The van der Waals surface area contributed by atoms with Gasteiger partial charge in [-0.25, -0.2) is 0 Å². The molecular formula is C48H62Cl2SiZr-4. The van der Waals surface area contributed by atoms with Crippen molar-refractivity contribution >= 4 is 53.2 Å². The van der Waals surface area contributed by atoms with E-state index in [2.05, 4.69) is 179 Å². The van der Waals surface area contributed by atoms with Gasteiger partial charge >= 0.3 is 30.2 Å². The van der Waals surface area contributed by atoms with E-state index < -0.39 is 0 Å². The Morgan fingerprint density at radius 3 is 1.62 bits per heavy atom. The van der Waals surface area contributed by atoms with Crippen molar-refractivity contribution < 1.29 is 23.3 Å². The molecule has 0 amide bonds. The van der Waals surface area contributed by atoms with Crippen LogP contribution < -0.4 is 0 Å². The first-order chi connectivity index (χ1) is 22.8. The van der Waals surface area contributed by atoms with Gasteiger partial charge in [-0.3, -0.25) is 0 Å². The van der Waals surface area contributed by atoms with Crippen molar-refractivity contribution in [1.82, 2.24) is 0 Å². The molecule has 0 nitrogen and oxygen atoms in total. The van der Waals surface area contributed by atoms with Gasteiger partial charge in [-0.2, -0.15) is 12.1 Å². The molecule has 0 aliphatic carbocycles. The molecule has 4 heteroatoms. The van der Waals surface area contributed by atoms with E-state index in [1.807, 2.05) is 0 Å². The van der Waals surface area contributed by atoms with Crippen LogP contribution in [-0.2, 0) is 40.6 Å². The van der Waals surface area contributed by atoms with Crippen LogP contribution in [0.4, 0.5) is 0 Å². The molecule has 6 rings (SSSR count). The van der Waals surface area contributed by atoms with Gasteiger partial charge in [0.2, 0.25) is 0 Å². The molecule has 0 heterocycles. The Morgan fingerprint density at radius 1 is 0.654 bits per heavy atom. The number of rotatable bonds is 6. The number of hydrogen-bond acceptors (Lipinski definition) is 0. The molecule has 0 N–H and O–H groups in total. The second kappa shape index (κ2) is 21.6. The SMILES string of the molecule is CC(C)c1cc2c(-c3ccc(C(C)(C)C)cc3)cccc2[cH-]1.CCCCc1cc2c(-c3ccc(C(C)(C)C)cc3)ccc(C)c2[cH-]1.Cl.Cl.[CH3-].[CH3-].[Si]=[Zr]. The minimum absolute atomic E-state index is 0. The number of fused-ring (bicyclic) bond motifs is 2. The summed E-state index contributed by atoms with van der Waals surface area (Å²) in [5.41, 5.74) is 12.8. The Morgan fingerprint density at radius 2 is 1.15 bits per heavy atom. The molecule has 6 aromatic carbocycles. The summed E-state index contributed by atoms with van der Waals surface area (Å²) in [6.45, 7) is 25.6. The van der Waals surface area contributed by atoms with Crippen molar-refractivity contribution in [2.24, 2.45) is 0 Å². The summed E-state index contributed by atoms with van der Waals surface area (Å²) >= 11 is 1.36. The van der Waals surface area contributed by atoms with Gasteiger partial charge in [-0.15, -0.1) is 93.4 Å². The monoisotopic (exact) mass is 826 g/mol. The standard InChI is InChI=1S/C24H29.C22H25.2CH3.2ClH.Si.Zr/c1-6-7-8-18-15-22-17(2)9-14-21(23(22)16-18)19-10-12-20(13-11-19)24(3,4)5;1-15(2)18-13-17-7-6-8-20(21(17)14-18)16-9-11-19(12-10-16)22(3,4)5;;;;;;/h9-16H,6-8H2,1-5H3;6-15H,1-5H3;2*1H3;2*1H;;/q4*-1;;;;. The number of halogens is 2. The first kappa shape index (κ1) is 49.8. The van der Waals surface area contributed by atoms with Crippen molar-refractivity contribution in [2.45, 2.75) is 105 Å². The molecule has 0 bridgehead atoms. The average molecular weight is 829 g/mol. The van der Waals surface area contributed by atoms with Crippen molar-refractivity contribution in [1.29, 1.82) is 0 Å². The van der Waals surface area contributed by atoms with Crippen LogP contribution in [0.1, 0.15) is 109 Å². The molecule has 6 aromatic rings. The summed E-state index contributed by atoms with van der Waals surface area (Å²) in [4.78, 5) is 0. The fourth-order valence-electron chi connectivity index (χ4n) is 6.42. The normalized spacial score (nSPS) is 10.8.